The van der Waals surface area contributed by atoms with Crippen LogP contribution in [0.2, 0.25) is 0 Å². The second kappa shape index (κ2) is 8.26. The largest absolute Gasteiger partial charge is 0.493 e. The fraction of sp³-hybridized carbons (Fsp3) is 0.222. The Morgan fingerprint density at radius 2 is 1.62 bits per heavy atom. The lowest BCUT2D eigenvalue weighted by atomic mass is 10.2. The molecular formula is C18H17IN2O5. The number of hydrogen-bond donors (Lipinski definition) is 0. The van der Waals surface area contributed by atoms with Gasteiger partial charge in [-0.1, -0.05) is 12.1 Å². The van der Waals surface area contributed by atoms with Crippen molar-refractivity contribution in [2.75, 3.05) is 21.3 Å². The molecule has 0 spiro atoms. The first-order chi connectivity index (χ1) is 12.7. The molecule has 0 aliphatic carbocycles. The van der Waals surface area contributed by atoms with Gasteiger partial charge >= 0.3 is 0 Å². The van der Waals surface area contributed by atoms with Crippen LogP contribution in [0, 0.1) is 3.57 Å². The Balaban J connectivity index is 1.82. The van der Waals surface area contributed by atoms with Gasteiger partial charge in [0.2, 0.25) is 11.6 Å². The summed E-state index contributed by atoms with van der Waals surface area (Å²) in [7, 11) is 4.65. The number of hydrogen-bond acceptors (Lipinski definition) is 7. The highest BCUT2D eigenvalue weighted by Gasteiger charge is 2.17. The van der Waals surface area contributed by atoms with Crippen molar-refractivity contribution in [3.63, 3.8) is 0 Å². The molecule has 0 saturated heterocycles. The molecule has 0 unspecified atom stereocenters. The molecule has 2 aromatic carbocycles. The van der Waals surface area contributed by atoms with Crippen molar-refractivity contribution >= 4 is 22.6 Å². The van der Waals surface area contributed by atoms with E-state index < -0.39 is 0 Å². The third-order valence-corrected chi connectivity index (χ3v) is 4.46. The van der Waals surface area contributed by atoms with Crippen molar-refractivity contribution in [1.29, 1.82) is 0 Å². The normalized spacial score (nSPS) is 10.5. The number of aromatic nitrogens is 2. The summed E-state index contributed by atoms with van der Waals surface area (Å²) in [5, 5.41) is 8.11. The molecule has 1 aromatic heterocycles. The summed E-state index contributed by atoms with van der Waals surface area (Å²) < 4.78 is 28.4. The van der Waals surface area contributed by atoms with Crippen molar-refractivity contribution in [3.05, 3.63) is 45.9 Å². The summed E-state index contributed by atoms with van der Waals surface area (Å²) in [6.45, 7) is 0.178. The van der Waals surface area contributed by atoms with Gasteiger partial charge in [0.25, 0.3) is 5.89 Å². The van der Waals surface area contributed by atoms with Crippen LogP contribution >= 0.6 is 22.6 Å². The minimum atomic E-state index is 0.178. The number of ether oxygens (including phenoxy) is 4. The summed E-state index contributed by atoms with van der Waals surface area (Å²) >= 11 is 2.21. The highest BCUT2D eigenvalue weighted by molar-refractivity contribution is 14.1. The fourth-order valence-electron chi connectivity index (χ4n) is 2.33. The molecule has 0 N–H and O–H groups in total. The number of halogens is 1. The van der Waals surface area contributed by atoms with Crippen LogP contribution in [0.5, 0.6) is 23.0 Å². The Morgan fingerprint density at radius 3 is 2.23 bits per heavy atom. The number of rotatable bonds is 7. The van der Waals surface area contributed by atoms with Crippen molar-refractivity contribution in [3.8, 4) is 34.5 Å². The molecule has 0 aliphatic heterocycles. The van der Waals surface area contributed by atoms with Crippen LogP contribution in [-0.2, 0) is 6.61 Å². The van der Waals surface area contributed by atoms with E-state index in [1.807, 2.05) is 24.3 Å². The summed E-state index contributed by atoms with van der Waals surface area (Å²) in [6, 6.07) is 11.2. The van der Waals surface area contributed by atoms with Gasteiger partial charge in [-0.15, -0.1) is 10.2 Å². The first-order valence-electron chi connectivity index (χ1n) is 7.66. The van der Waals surface area contributed by atoms with Crippen molar-refractivity contribution < 1.29 is 23.4 Å². The van der Waals surface area contributed by atoms with Gasteiger partial charge in [0.1, 0.15) is 5.75 Å². The van der Waals surface area contributed by atoms with Crippen LogP contribution in [0.1, 0.15) is 5.89 Å². The summed E-state index contributed by atoms with van der Waals surface area (Å²) in [6.07, 6.45) is 0. The number of para-hydroxylation sites is 1. The van der Waals surface area contributed by atoms with E-state index >= 15 is 0 Å². The summed E-state index contributed by atoms with van der Waals surface area (Å²) in [5.41, 5.74) is 0.660. The molecule has 0 amide bonds. The Bertz CT molecular complexity index is 872. The fourth-order valence-corrected chi connectivity index (χ4v) is 2.88. The van der Waals surface area contributed by atoms with Gasteiger partial charge in [-0.25, -0.2) is 0 Å². The molecule has 136 valence electrons. The Morgan fingerprint density at radius 1 is 0.923 bits per heavy atom. The zero-order chi connectivity index (χ0) is 18.5. The zero-order valence-electron chi connectivity index (χ0n) is 14.5. The molecule has 0 atom stereocenters. The molecule has 0 bridgehead atoms. The lowest BCUT2D eigenvalue weighted by molar-refractivity contribution is 0.263. The van der Waals surface area contributed by atoms with Gasteiger partial charge in [-0.05, 0) is 46.9 Å². The van der Waals surface area contributed by atoms with Gasteiger partial charge in [-0.3, -0.25) is 0 Å². The van der Waals surface area contributed by atoms with Crippen LogP contribution in [0.15, 0.2) is 40.8 Å². The maximum atomic E-state index is 5.73. The summed E-state index contributed by atoms with van der Waals surface area (Å²) in [5.74, 6) is 2.99. The third kappa shape index (κ3) is 3.85. The first kappa shape index (κ1) is 18.3. The number of methoxy groups -OCH3 is 3. The van der Waals surface area contributed by atoms with Gasteiger partial charge in [-0.2, -0.15) is 0 Å². The van der Waals surface area contributed by atoms with Crippen molar-refractivity contribution in [1.82, 2.24) is 10.2 Å². The van der Waals surface area contributed by atoms with Crippen LogP contribution in [0.3, 0.4) is 0 Å². The minimum Gasteiger partial charge on any atom is -0.493 e. The average molecular weight is 468 g/mol. The van der Waals surface area contributed by atoms with E-state index in [4.69, 9.17) is 23.4 Å². The Hall–Kier alpha value is -2.49. The SMILES string of the molecule is COc1cc(-c2nnc(COc3ccccc3I)o2)cc(OC)c1OC. The van der Waals surface area contributed by atoms with E-state index in [1.54, 1.807) is 33.5 Å². The van der Waals surface area contributed by atoms with E-state index in [9.17, 15) is 0 Å². The first-order valence-corrected chi connectivity index (χ1v) is 8.74. The Kier molecular flexibility index (Phi) is 5.82. The van der Waals surface area contributed by atoms with E-state index in [1.165, 1.54) is 0 Å². The van der Waals surface area contributed by atoms with Crippen LogP contribution < -0.4 is 18.9 Å². The molecular weight excluding hydrogens is 451 g/mol. The molecule has 3 rings (SSSR count). The van der Waals surface area contributed by atoms with Crippen molar-refractivity contribution in [2.45, 2.75) is 6.61 Å². The highest BCUT2D eigenvalue weighted by atomic mass is 127. The van der Waals surface area contributed by atoms with E-state index in [-0.39, 0.29) is 6.61 Å². The smallest absolute Gasteiger partial charge is 0.254 e. The van der Waals surface area contributed by atoms with Crippen molar-refractivity contribution in [2.24, 2.45) is 0 Å². The van der Waals surface area contributed by atoms with Crippen LogP contribution in [0.25, 0.3) is 11.5 Å². The molecule has 0 saturated carbocycles. The molecule has 7 nitrogen and oxygen atoms in total. The second-order valence-electron chi connectivity index (χ2n) is 5.13. The van der Waals surface area contributed by atoms with Gasteiger partial charge in [0, 0.05) is 5.56 Å². The second-order valence-corrected chi connectivity index (χ2v) is 6.30. The van der Waals surface area contributed by atoms with E-state index in [0.717, 1.165) is 9.32 Å². The highest BCUT2D eigenvalue weighted by Crippen LogP contribution is 2.40. The third-order valence-electron chi connectivity index (χ3n) is 3.57. The van der Waals surface area contributed by atoms with Gasteiger partial charge < -0.3 is 23.4 Å². The molecule has 26 heavy (non-hydrogen) atoms. The maximum Gasteiger partial charge on any atom is 0.254 e. The Labute approximate surface area is 164 Å². The predicted molar refractivity (Wildman–Crippen MR) is 103 cm³/mol. The van der Waals surface area contributed by atoms with Gasteiger partial charge in [0.15, 0.2) is 18.1 Å². The zero-order valence-corrected chi connectivity index (χ0v) is 16.6. The van der Waals surface area contributed by atoms with E-state index in [2.05, 4.69) is 32.8 Å². The van der Waals surface area contributed by atoms with Crippen LogP contribution in [0.4, 0.5) is 0 Å². The molecule has 0 aliphatic rings. The standard InChI is InChI=1S/C18H17IN2O5/c1-22-14-8-11(9-15(23-2)17(14)24-3)18-21-20-16(26-18)10-25-13-7-5-4-6-12(13)19/h4-9H,10H2,1-3H3. The van der Waals surface area contributed by atoms with Crippen LogP contribution in [-0.4, -0.2) is 31.5 Å². The minimum absolute atomic E-state index is 0.178. The van der Waals surface area contributed by atoms with E-state index in [0.29, 0.717) is 34.6 Å². The predicted octanol–water partition coefficient (Wildman–Crippen LogP) is 3.95. The molecule has 3 aromatic rings. The monoisotopic (exact) mass is 468 g/mol. The maximum absolute atomic E-state index is 5.73. The number of nitrogens with zero attached hydrogens (tertiary/aromatic N) is 2. The average Bonchev–Trinajstić information content (AvgIpc) is 3.15. The quantitative estimate of drug-likeness (QED) is 0.487. The lowest BCUT2D eigenvalue weighted by Gasteiger charge is -2.12. The lowest BCUT2D eigenvalue weighted by Crippen LogP contribution is -1.97. The summed E-state index contributed by atoms with van der Waals surface area (Å²) in [4.78, 5) is 0. The van der Waals surface area contributed by atoms with Gasteiger partial charge in [0.05, 0.1) is 24.9 Å². The molecule has 1 heterocycles. The molecule has 0 radical (unpaired) electrons. The topological polar surface area (TPSA) is 75.8 Å². The number of benzene rings is 2. The molecule has 0 fully saturated rings. The molecule has 8 heteroatoms.